The first-order valence-electron chi connectivity index (χ1n) is 2.26. The molecule has 0 unspecified atom stereocenters. The van der Waals surface area contributed by atoms with Gasteiger partial charge in [0, 0.05) is 14.2 Å². The number of hydrogen-bond donors (Lipinski definition) is 0. The van der Waals surface area contributed by atoms with Crippen molar-refractivity contribution >= 4 is 7.60 Å². The second-order valence-corrected chi connectivity index (χ2v) is 3.31. The van der Waals surface area contributed by atoms with E-state index in [0.717, 1.165) is 0 Å². The van der Waals surface area contributed by atoms with Crippen molar-refractivity contribution in [3.8, 4) is 0 Å². The molecule has 0 atom stereocenters. The van der Waals surface area contributed by atoms with Crippen LogP contribution in [0.25, 0.3) is 0 Å². The second-order valence-electron chi connectivity index (χ2n) is 1.24. The fourth-order valence-corrected chi connectivity index (χ4v) is 0.875. The van der Waals surface area contributed by atoms with Crippen LogP contribution in [0.5, 0.6) is 0 Å². The Bertz CT molecular complexity index is 161. The van der Waals surface area contributed by atoms with Crippen molar-refractivity contribution in [1.29, 1.82) is 0 Å². The zero-order valence-corrected chi connectivity index (χ0v) is 6.35. The van der Waals surface area contributed by atoms with Crippen molar-refractivity contribution in [3.63, 3.8) is 0 Å². The van der Waals surface area contributed by atoms with Crippen molar-refractivity contribution in [1.82, 2.24) is 0 Å². The Kier molecular flexibility index (Phi) is 3.52. The predicted molar refractivity (Wildman–Crippen MR) is 35.3 cm³/mol. The Balaban J connectivity index is 4.28. The van der Waals surface area contributed by atoms with Crippen LogP contribution in [0, 0.1) is 0 Å². The Hall–Kier alpha value is -0.330. The van der Waals surface area contributed by atoms with Gasteiger partial charge in [0.05, 0.1) is 5.82 Å². The maximum atomic E-state index is 10.9. The van der Waals surface area contributed by atoms with Crippen LogP contribution >= 0.6 is 7.60 Å². The second kappa shape index (κ2) is 3.65. The first kappa shape index (κ1) is 8.67. The van der Waals surface area contributed by atoms with Crippen LogP contribution in [0.1, 0.15) is 0 Å². The predicted octanol–water partition coefficient (Wildman–Crippen LogP) is 1.77. The molecule has 0 aromatic heterocycles. The maximum absolute atomic E-state index is 10.9. The summed E-state index contributed by atoms with van der Waals surface area (Å²) in [5, 5.41) is 0. The summed E-state index contributed by atoms with van der Waals surface area (Å²) >= 11 is 0. The lowest BCUT2D eigenvalue weighted by atomic mass is 11.0. The lowest BCUT2D eigenvalue weighted by Gasteiger charge is -2.05. The van der Waals surface area contributed by atoms with E-state index in [1.54, 1.807) is 0 Å². The van der Waals surface area contributed by atoms with Gasteiger partial charge in [0.15, 0.2) is 0 Å². The molecule has 52 valence electrons. The van der Waals surface area contributed by atoms with Gasteiger partial charge in [-0.05, 0) is 0 Å². The molecule has 0 aliphatic carbocycles. The van der Waals surface area contributed by atoms with E-state index >= 15 is 0 Å². The van der Waals surface area contributed by atoms with Crippen LogP contribution in [0.4, 0.5) is 0 Å². The van der Waals surface area contributed by atoms with Gasteiger partial charge < -0.3 is 9.05 Å². The third-order valence-corrected chi connectivity index (χ3v) is 2.28. The van der Waals surface area contributed by atoms with Crippen LogP contribution < -0.4 is 0 Å². The Labute approximate surface area is 54.5 Å². The summed E-state index contributed by atoms with van der Waals surface area (Å²) in [7, 11) is -0.372. The molecule has 9 heavy (non-hydrogen) atoms. The van der Waals surface area contributed by atoms with E-state index in [4.69, 9.17) is 0 Å². The maximum Gasteiger partial charge on any atom is 0.361 e. The monoisotopic (exact) mass is 148 g/mol. The molecule has 4 heteroatoms. The van der Waals surface area contributed by atoms with E-state index in [1.807, 2.05) is 0 Å². The van der Waals surface area contributed by atoms with E-state index in [0.29, 0.717) is 0 Å². The van der Waals surface area contributed by atoms with E-state index in [9.17, 15) is 4.57 Å². The van der Waals surface area contributed by atoms with Gasteiger partial charge in [-0.25, -0.2) is 0 Å². The average Bonchev–Trinajstić information content (AvgIpc) is 1.89. The van der Waals surface area contributed by atoms with Crippen LogP contribution in [-0.4, -0.2) is 14.2 Å². The highest BCUT2D eigenvalue weighted by Gasteiger charge is 2.14. The lowest BCUT2D eigenvalue weighted by molar-refractivity contribution is 0.286. The van der Waals surface area contributed by atoms with Gasteiger partial charge in [0.2, 0.25) is 0 Å². The van der Waals surface area contributed by atoms with Crippen LogP contribution in [-0.2, 0) is 13.6 Å². The minimum absolute atomic E-state index is 1.17. The van der Waals surface area contributed by atoms with E-state index in [1.165, 1.54) is 20.0 Å². The van der Waals surface area contributed by atoms with Crippen LogP contribution in [0.15, 0.2) is 18.1 Å². The third kappa shape index (κ3) is 2.64. The van der Waals surface area contributed by atoms with Gasteiger partial charge in [-0.2, -0.15) is 0 Å². The van der Waals surface area contributed by atoms with Crippen molar-refractivity contribution in [2.75, 3.05) is 14.2 Å². The molecule has 0 aromatic carbocycles. The van der Waals surface area contributed by atoms with Gasteiger partial charge in [0.1, 0.15) is 0 Å². The average molecular weight is 148 g/mol. The normalized spacial score (nSPS) is 10.4. The zero-order chi connectivity index (χ0) is 7.33. The van der Waals surface area contributed by atoms with Crippen molar-refractivity contribution in [3.05, 3.63) is 18.1 Å². The number of rotatable bonds is 3. The molecule has 0 aromatic rings. The SMILES string of the molecule is C=C=CP(=O)(OC)OC. The summed E-state index contributed by atoms with van der Waals surface area (Å²) in [4.78, 5) is 0. The Morgan fingerprint density at radius 1 is 1.56 bits per heavy atom. The molecular formula is C5H9O3P. The molecule has 0 fully saturated rings. The molecule has 0 saturated carbocycles. The summed E-state index contributed by atoms with van der Waals surface area (Å²) in [6.07, 6.45) is 0. The zero-order valence-electron chi connectivity index (χ0n) is 5.46. The third-order valence-electron chi connectivity index (χ3n) is 0.758. The van der Waals surface area contributed by atoms with E-state index in [-0.39, 0.29) is 0 Å². The summed E-state index contributed by atoms with van der Waals surface area (Å²) in [6.45, 7) is 3.23. The minimum atomic E-state index is -2.98. The van der Waals surface area contributed by atoms with Gasteiger partial charge in [-0.15, -0.1) is 5.73 Å². The highest BCUT2D eigenvalue weighted by Crippen LogP contribution is 2.47. The first-order valence-corrected chi connectivity index (χ1v) is 3.88. The summed E-state index contributed by atoms with van der Waals surface area (Å²) in [5.41, 5.74) is 2.32. The molecule has 0 bridgehead atoms. The molecule has 0 rings (SSSR count). The molecule has 3 nitrogen and oxygen atoms in total. The Morgan fingerprint density at radius 3 is 2.11 bits per heavy atom. The van der Waals surface area contributed by atoms with Gasteiger partial charge >= 0.3 is 7.60 Å². The highest BCUT2D eigenvalue weighted by atomic mass is 31.2. The molecule has 0 aliphatic rings. The molecule has 0 heterocycles. The standard InChI is InChI=1S/C5H9O3P/c1-4-5-9(6,7-2)8-3/h5H,1H2,2-3H3. The van der Waals surface area contributed by atoms with E-state index < -0.39 is 7.60 Å². The highest BCUT2D eigenvalue weighted by molar-refractivity contribution is 7.57. The topological polar surface area (TPSA) is 35.5 Å². The summed E-state index contributed by atoms with van der Waals surface area (Å²) < 4.78 is 20.0. The Morgan fingerprint density at radius 2 is 2.00 bits per heavy atom. The lowest BCUT2D eigenvalue weighted by Crippen LogP contribution is -1.81. The van der Waals surface area contributed by atoms with Crippen LogP contribution in [0.3, 0.4) is 0 Å². The summed E-state index contributed by atoms with van der Waals surface area (Å²) in [5.74, 6) is 1.17. The summed E-state index contributed by atoms with van der Waals surface area (Å²) in [6, 6.07) is 0. The minimum Gasteiger partial charge on any atom is -0.309 e. The van der Waals surface area contributed by atoms with Gasteiger partial charge in [-0.3, -0.25) is 4.57 Å². The fourth-order valence-electron chi connectivity index (χ4n) is 0.292. The van der Waals surface area contributed by atoms with Crippen LogP contribution in [0.2, 0.25) is 0 Å². The smallest absolute Gasteiger partial charge is 0.309 e. The molecule has 0 aliphatic heterocycles. The molecule has 0 spiro atoms. The largest absolute Gasteiger partial charge is 0.361 e. The van der Waals surface area contributed by atoms with Crippen molar-refractivity contribution < 1.29 is 13.6 Å². The van der Waals surface area contributed by atoms with E-state index in [2.05, 4.69) is 21.4 Å². The molecular weight excluding hydrogens is 139 g/mol. The first-order chi connectivity index (χ1) is 4.18. The molecule has 0 radical (unpaired) electrons. The molecule has 0 N–H and O–H groups in total. The molecule has 0 saturated heterocycles. The van der Waals surface area contributed by atoms with Gasteiger partial charge in [0.25, 0.3) is 0 Å². The fraction of sp³-hybridized carbons (Fsp3) is 0.400. The van der Waals surface area contributed by atoms with Gasteiger partial charge in [-0.1, -0.05) is 6.58 Å². The number of hydrogen-bond acceptors (Lipinski definition) is 3. The molecule has 0 amide bonds. The quantitative estimate of drug-likeness (QED) is 0.452. The van der Waals surface area contributed by atoms with Crippen molar-refractivity contribution in [2.24, 2.45) is 0 Å². The van der Waals surface area contributed by atoms with Crippen molar-refractivity contribution in [2.45, 2.75) is 0 Å².